The fraction of sp³-hybridized carbons (Fsp3) is 1.00. The fourth-order valence-corrected chi connectivity index (χ4v) is 2.28. The topological polar surface area (TPSA) is 46.2 Å². The first kappa shape index (κ1) is 13.6. The molecular weight excluding hydrogens is 240 g/mol. The van der Waals surface area contributed by atoms with Crippen LogP contribution in [-0.4, -0.2) is 30.1 Å². The summed E-state index contributed by atoms with van der Waals surface area (Å²) in [5.41, 5.74) is 2.91. The maximum Gasteiger partial charge on any atom is 0.401 e. The average molecular weight is 251 g/mol. The minimum absolute atomic E-state index is 0.562. The smallest absolute Gasteiger partial charge is 0.393 e. The van der Waals surface area contributed by atoms with Crippen LogP contribution in [0.1, 0.15) is 12.8 Å². The van der Waals surface area contributed by atoms with Gasteiger partial charge in [-0.05, 0) is 19.4 Å². The third kappa shape index (κ3) is 2.27. The van der Waals surface area contributed by atoms with Gasteiger partial charge in [0.25, 0.3) is 0 Å². The highest BCUT2D eigenvalue weighted by Gasteiger charge is 2.68. The number of nitrogens with two attached hydrogens (primary N) is 1. The van der Waals surface area contributed by atoms with Crippen LogP contribution in [0.3, 0.4) is 0 Å². The Morgan fingerprint density at radius 2 is 1.50 bits per heavy atom. The third-order valence-electron chi connectivity index (χ3n) is 2.96. The van der Waals surface area contributed by atoms with Gasteiger partial charge in [-0.1, -0.05) is 0 Å². The summed E-state index contributed by atoms with van der Waals surface area (Å²) in [5.74, 6) is -3.46. The lowest BCUT2D eigenvalue weighted by Gasteiger charge is -2.50. The lowest BCUT2D eigenvalue weighted by molar-refractivity contribution is -0.331. The molecular formula is C8H11F6NO. The van der Waals surface area contributed by atoms with Gasteiger partial charge in [0, 0.05) is 5.41 Å². The Labute approximate surface area is 87.4 Å². The second-order valence-corrected chi connectivity index (χ2v) is 4.14. The van der Waals surface area contributed by atoms with Crippen LogP contribution in [0.25, 0.3) is 0 Å². The molecule has 0 aliphatic heterocycles. The van der Waals surface area contributed by atoms with Gasteiger partial charge in [-0.15, -0.1) is 0 Å². The first-order valence-electron chi connectivity index (χ1n) is 4.54. The van der Waals surface area contributed by atoms with Gasteiger partial charge in [0.1, 0.15) is 0 Å². The van der Waals surface area contributed by atoms with E-state index in [2.05, 4.69) is 0 Å². The van der Waals surface area contributed by atoms with Crippen LogP contribution in [0.4, 0.5) is 26.3 Å². The van der Waals surface area contributed by atoms with Gasteiger partial charge in [0.15, 0.2) is 5.92 Å². The van der Waals surface area contributed by atoms with E-state index in [0.717, 1.165) is 0 Å². The average Bonchev–Trinajstić information content (AvgIpc) is 1.94. The van der Waals surface area contributed by atoms with E-state index in [0.29, 0.717) is 0 Å². The van der Waals surface area contributed by atoms with Crippen molar-refractivity contribution in [2.45, 2.75) is 31.3 Å². The van der Waals surface area contributed by atoms with Crippen molar-refractivity contribution in [1.82, 2.24) is 0 Å². The summed E-state index contributed by atoms with van der Waals surface area (Å²) in [6.07, 6.45) is -13.0. The Hall–Kier alpha value is -0.500. The summed E-state index contributed by atoms with van der Waals surface area (Å²) in [6, 6.07) is 0. The van der Waals surface area contributed by atoms with E-state index in [-0.39, 0.29) is 0 Å². The third-order valence-corrected chi connectivity index (χ3v) is 2.96. The Morgan fingerprint density at radius 3 is 1.69 bits per heavy atom. The Kier molecular flexibility index (Phi) is 3.19. The molecule has 0 bridgehead atoms. The molecule has 0 amide bonds. The summed E-state index contributed by atoms with van der Waals surface area (Å²) < 4.78 is 74.3. The molecule has 0 heterocycles. The fourth-order valence-electron chi connectivity index (χ4n) is 2.28. The van der Waals surface area contributed by atoms with Crippen molar-refractivity contribution < 1.29 is 31.4 Å². The molecule has 16 heavy (non-hydrogen) atoms. The highest BCUT2D eigenvalue weighted by molar-refractivity contribution is 5.03. The van der Waals surface area contributed by atoms with E-state index in [9.17, 15) is 26.3 Å². The molecule has 0 atom stereocenters. The largest absolute Gasteiger partial charge is 0.401 e. The molecule has 1 saturated carbocycles. The molecule has 0 unspecified atom stereocenters. The van der Waals surface area contributed by atoms with Crippen LogP contribution in [0, 0.1) is 11.3 Å². The molecule has 0 aromatic carbocycles. The summed E-state index contributed by atoms with van der Waals surface area (Å²) in [6.45, 7) is -0.742. The van der Waals surface area contributed by atoms with Crippen molar-refractivity contribution in [2.24, 2.45) is 17.1 Å². The molecule has 1 aliphatic rings. The van der Waals surface area contributed by atoms with Crippen LogP contribution in [0.5, 0.6) is 0 Å². The van der Waals surface area contributed by atoms with Gasteiger partial charge in [0.2, 0.25) is 0 Å². The second-order valence-electron chi connectivity index (χ2n) is 4.14. The highest BCUT2D eigenvalue weighted by Crippen LogP contribution is 2.57. The Bertz CT molecular complexity index is 240. The number of rotatable bonds is 2. The zero-order valence-corrected chi connectivity index (χ0v) is 8.07. The van der Waals surface area contributed by atoms with Crippen molar-refractivity contribution in [3.8, 4) is 0 Å². The summed E-state index contributed by atoms with van der Waals surface area (Å²) in [7, 11) is 0. The van der Waals surface area contributed by atoms with Crippen molar-refractivity contribution in [1.29, 1.82) is 0 Å². The zero-order valence-electron chi connectivity index (χ0n) is 8.07. The maximum atomic E-state index is 12.4. The minimum Gasteiger partial charge on any atom is -0.393 e. The van der Waals surface area contributed by atoms with Crippen molar-refractivity contribution >= 4 is 0 Å². The molecule has 0 saturated heterocycles. The number of aliphatic hydroxyl groups excluding tert-OH is 1. The second kappa shape index (κ2) is 3.76. The van der Waals surface area contributed by atoms with E-state index in [1.165, 1.54) is 0 Å². The highest BCUT2D eigenvalue weighted by atomic mass is 19.4. The van der Waals surface area contributed by atoms with Crippen molar-refractivity contribution in [3.63, 3.8) is 0 Å². The molecule has 0 aromatic rings. The van der Waals surface area contributed by atoms with Gasteiger partial charge >= 0.3 is 12.4 Å². The van der Waals surface area contributed by atoms with Crippen molar-refractivity contribution in [2.75, 3.05) is 6.54 Å². The Morgan fingerprint density at radius 1 is 1.12 bits per heavy atom. The van der Waals surface area contributed by atoms with E-state index < -0.39 is 49.2 Å². The van der Waals surface area contributed by atoms with Crippen LogP contribution < -0.4 is 5.73 Å². The van der Waals surface area contributed by atoms with E-state index in [1.807, 2.05) is 0 Å². The molecule has 96 valence electrons. The number of halogens is 6. The quantitative estimate of drug-likeness (QED) is 0.735. The Balaban J connectivity index is 3.02. The van der Waals surface area contributed by atoms with Crippen molar-refractivity contribution in [3.05, 3.63) is 0 Å². The zero-order chi connectivity index (χ0) is 12.8. The number of hydrogen-bond donors (Lipinski definition) is 2. The lowest BCUT2D eigenvalue weighted by Crippen LogP contribution is -2.59. The SMILES string of the molecule is NCC1(C(C(F)(F)F)C(F)(F)F)CC(O)C1. The molecule has 1 aliphatic carbocycles. The van der Waals surface area contributed by atoms with Gasteiger partial charge < -0.3 is 10.8 Å². The normalized spacial score (nSPS) is 31.7. The molecule has 1 fully saturated rings. The van der Waals surface area contributed by atoms with Gasteiger partial charge in [-0.2, -0.15) is 26.3 Å². The summed E-state index contributed by atoms with van der Waals surface area (Å²) in [4.78, 5) is 0. The molecule has 8 heteroatoms. The predicted octanol–water partition coefficient (Wildman–Crippen LogP) is 1.83. The van der Waals surface area contributed by atoms with E-state index >= 15 is 0 Å². The maximum absolute atomic E-state index is 12.4. The van der Waals surface area contributed by atoms with Gasteiger partial charge in [0.05, 0.1) is 6.10 Å². The molecule has 0 spiro atoms. The first-order valence-corrected chi connectivity index (χ1v) is 4.54. The minimum atomic E-state index is -5.39. The van der Waals surface area contributed by atoms with Gasteiger partial charge in [-0.3, -0.25) is 0 Å². The number of aliphatic hydroxyl groups is 1. The molecule has 0 radical (unpaired) electrons. The molecule has 3 N–H and O–H groups in total. The van der Waals surface area contributed by atoms with Crippen LogP contribution >= 0.6 is 0 Å². The standard InChI is InChI=1S/C8H11F6NO/c9-7(10,11)5(8(12,13)14)6(3-15)1-4(16)2-6/h4-5,16H,1-3,15H2. The van der Waals surface area contributed by atoms with Crippen LogP contribution in [0.15, 0.2) is 0 Å². The van der Waals surface area contributed by atoms with E-state index in [4.69, 9.17) is 10.8 Å². The molecule has 0 aromatic heterocycles. The van der Waals surface area contributed by atoms with Crippen LogP contribution in [0.2, 0.25) is 0 Å². The molecule has 1 rings (SSSR count). The number of hydrogen-bond acceptors (Lipinski definition) is 2. The van der Waals surface area contributed by atoms with Gasteiger partial charge in [-0.25, -0.2) is 0 Å². The first-order chi connectivity index (χ1) is 7.03. The monoisotopic (exact) mass is 251 g/mol. The summed E-state index contributed by atoms with van der Waals surface area (Å²) >= 11 is 0. The summed E-state index contributed by atoms with van der Waals surface area (Å²) in [5, 5.41) is 8.90. The number of alkyl halides is 6. The lowest BCUT2D eigenvalue weighted by atomic mass is 9.59. The van der Waals surface area contributed by atoms with E-state index in [1.54, 1.807) is 0 Å². The predicted molar refractivity (Wildman–Crippen MR) is 42.3 cm³/mol. The van der Waals surface area contributed by atoms with Crippen LogP contribution in [-0.2, 0) is 0 Å². The molecule has 2 nitrogen and oxygen atoms in total.